The Kier molecular flexibility index (Phi) is 3.62. The maximum absolute atomic E-state index is 11.9. The lowest BCUT2D eigenvalue weighted by atomic mass is 10.1. The number of rotatable bonds is 3. The van der Waals surface area contributed by atoms with Crippen molar-refractivity contribution in [1.29, 1.82) is 0 Å². The standard InChI is InChI=1S/C13H15NO4/c1-8-9(13(16)17)4-2-5-10(8)14-12(15)11-6-3-7-18-11/h2,4-5,11H,3,6-7H2,1H3,(H,14,15)(H,16,17)/t11-/m0/s1. The average Bonchev–Trinajstić information content (AvgIpc) is 2.85. The van der Waals surface area contributed by atoms with Crippen LogP contribution >= 0.6 is 0 Å². The largest absolute Gasteiger partial charge is 0.478 e. The number of hydrogen-bond donors (Lipinski definition) is 2. The highest BCUT2D eigenvalue weighted by Gasteiger charge is 2.24. The van der Waals surface area contributed by atoms with Crippen LogP contribution in [0.5, 0.6) is 0 Å². The molecule has 1 aromatic carbocycles. The molecule has 0 spiro atoms. The van der Waals surface area contributed by atoms with E-state index in [1.165, 1.54) is 6.07 Å². The molecule has 1 aliphatic heterocycles. The van der Waals surface area contributed by atoms with Crippen LogP contribution in [0.1, 0.15) is 28.8 Å². The summed E-state index contributed by atoms with van der Waals surface area (Å²) in [6.07, 6.45) is 1.17. The van der Waals surface area contributed by atoms with Crippen LogP contribution < -0.4 is 5.32 Å². The summed E-state index contributed by atoms with van der Waals surface area (Å²) in [7, 11) is 0. The minimum absolute atomic E-state index is 0.195. The lowest BCUT2D eigenvalue weighted by molar-refractivity contribution is -0.124. The Hall–Kier alpha value is -1.88. The maximum Gasteiger partial charge on any atom is 0.336 e. The Labute approximate surface area is 105 Å². The lowest BCUT2D eigenvalue weighted by Gasteiger charge is -2.13. The van der Waals surface area contributed by atoms with Crippen LogP contribution in [0.25, 0.3) is 0 Å². The van der Waals surface area contributed by atoms with Gasteiger partial charge in [0.2, 0.25) is 0 Å². The van der Waals surface area contributed by atoms with Gasteiger partial charge in [-0.05, 0) is 37.5 Å². The SMILES string of the molecule is Cc1c(NC(=O)[C@@H]2CCCO2)cccc1C(=O)O. The topological polar surface area (TPSA) is 75.6 Å². The van der Waals surface area contributed by atoms with Gasteiger partial charge in [-0.3, -0.25) is 4.79 Å². The second-order valence-corrected chi connectivity index (χ2v) is 4.27. The molecule has 5 heteroatoms. The molecule has 18 heavy (non-hydrogen) atoms. The number of anilines is 1. The van der Waals surface area contributed by atoms with Crippen molar-refractivity contribution in [2.24, 2.45) is 0 Å². The summed E-state index contributed by atoms with van der Waals surface area (Å²) in [5.74, 6) is -1.21. The summed E-state index contributed by atoms with van der Waals surface area (Å²) in [6, 6.07) is 4.82. The molecule has 1 fully saturated rings. The first-order valence-corrected chi connectivity index (χ1v) is 5.85. The second kappa shape index (κ2) is 5.18. The van der Waals surface area contributed by atoms with E-state index in [0.717, 1.165) is 6.42 Å². The van der Waals surface area contributed by atoms with Crippen LogP contribution in [-0.2, 0) is 9.53 Å². The minimum Gasteiger partial charge on any atom is -0.478 e. The van der Waals surface area contributed by atoms with E-state index in [1.807, 2.05) is 0 Å². The van der Waals surface area contributed by atoms with Crippen molar-refractivity contribution in [3.05, 3.63) is 29.3 Å². The first kappa shape index (κ1) is 12.6. The summed E-state index contributed by atoms with van der Waals surface area (Å²) in [4.78, 5) is 22.8. The van der Waals surface area contributed by atoms with E-state index in [2.05, 4.69) is 5.32 Å². The minimum atomic E-state index is -0.999. The van der Waals surface area contributed by atoms with Gasteiger partial charge in [0.05, 0.1) is 5.56 Å². The molecular formula is C13H15NO4. The Bertz CT molecular complexity index is 478. The van der Waals surface area contributed by atoms with Gasteiger partial charge in [0.15, 0.2) is 0 Å². The number of ether oxygens (including phenoxy) is 1. The van der Waals surface area contributed by atoms with Crippen LogP contribution in [0.3, 0.4) is 0 Å². The normalized spacial score (nSPS) is 18.6. The smallest absolute Gasteiger partial charge is 0.336 e. The number of hydrogen-bond acceptors (Lipinski definition) is 3. The molecular weight excluding hydrogens is 234 g/mol. The first-order chi connectivity index (χ1) is 8.59. The quantitative estimate of drug-likeness (QED) is 0.856. The second-order valence-electron chi connectivity index (χ2n) is 4.27. The van der Waals surface area contributed by atoms with Gasteiger partial charge in [-0.15, -0.1) is 0 Å². The maximum atomic E-state index is 11.9. The Morgan fingerprint density at radius 3 is 2.83 bits per heavy atom. The molecule has 0 aliphatic carbocycles. The molecule has 96 valence electrons. The highest BCUT2D eigenvalue weighted by atomic mass is 16.5. The molecule has 1 heterocycles. The molecule has 1 aromatic rings. The third-order valence-electron chi connectivity index (χ3n) is 3.04. The molecule has 2 N–H and O–H groups in total. The van der Waals surface area contributed by atoms with Gasteiger partial charge in [-0.25, -0.2) is 4.79 Å². The van der Waals surface area contributed by atoms with Gasteiger partial charge in [-0.2, -0.15) is 0 Å². The van der Waals surface area contributed by atoms with E-state index in [9.17, 15) is 9.59 Å². The number of aromatic carboxylic acids is 1. The van der Waals surface area contributed by atoms with E-state index in [4.69, 9.17) is 9.84 Å². The van der Waals surface area contributed by atoms with Crippen LogP contribution in [0.15, 0.2) is 18.2 Å². The molecule has 1 saturated heterocycles. The van der Waals surface area contributed by atoms with Crippen LogP contribution in [0.2, 0.25) is 0 Å². The number of carbonyl (C=O) groups excluding carboxylic acids is 1. The summed E-state index contributed by atoms with van der Waals surface area (Å²) >= 11 is 0. The molecule has 0 aromatic heterocycles. The third-order valence-corrected chi connectivity index (χ3v) is 3.04. The van der Waals surface area contributed by atoms with Gasteiger partial charge in [0.1, 0.15) is 6.10 Å². The highest BCUT2D eigenvalue weighted by Crippen LogP contribution is 2.21. The zero-order valence-electron chi connectivity index (χ0n) is 10.1. The van der Waals surface area contributed by atoms with Gasteiger partial charge in [0.25, 0.3) is 5.91 Å². The van der Waals surface area contributed by atoms with Gasteiger partial charge >= 0.3 is 5.97 Å². The predicted octanol–water partition coefficient (Wildman–Crippen LogP) is 1.81. The zero-order valence-corrected chi connectivity index (χ0v) is 10.1. The van der Waals surface area contributed by atoms with Gasteiger partial charge < -0.3 is 15.2 Å². The molecule has 0 unspecified atom stereocenters. The molecule has 0 radical (unpaired) electrons. The Morgan fingerprint density at radius 2 is 2.22 bits per heavy atom. The number of benzene rings is 1. The van der Waals surface area contributed by atoms with E-state index in [-0.39, 0.29) is 11.5 Å². The monoisotopic (exact) mass is 249 g/mol. The van der Waals surface area contributed by atoms with Crippen molar-refractivity contribution in [1.82, 2.24) is 0 Å². The third kappa shape index (κ3) is 2.51. The molecule has 1 amide bonds. The number of carbonyl (C=O) groups is 2. The summed E-state index contributed by atoms with van der Waals surface area (Å²) in [6.45, 7) is 2.28. The molecule has 0 saturated carbocycles. The highest BCUT2D eigenvalue weighted by molar-refractivity contribution is 5.97. The van der Waals surface area contributed by atoms with Gasteiger partial charge in [-0.1, -0.05) is 6.07 Å². The molecule has 5 nitrogen and oxygen atoms in total. The fraction of sp³-hybridized carbons (Fsp3) is 0.385. The van der Waals surface area contributed by atoms with Gasteiger partial charge in [0, 0.05) is 12.3 Å². The lowest BCUT2D eigenvalue weighted by Crippen LogP contribution is -2.27. The Morgan fingerprint density at radius 1 is 1.44 bits per heavy atom. The van der Waals surface area contributed by atoms with Crippen molar-refractivity contribution >= 4 is 17.6 Å². The molecule has 1 atom stereocenters. The number of carboxylic acid groups (broad SMARTS) is 1. The van der Waals surface area contributed by atoms with Crippen molar-refractivity contribution < 1.29 is 19.4 Å². The van der Waals surface area contributed by atoms with E-state index < -0.39 is 12.1 Å². The van der Waals surface area contributed by atoms with E-state index in [1.54, 1.807) is 19.1 Å². The van der Waals surface area contributed by atoms with Crippen LogP contribution in [0.4, 0.5) is 5.69 Å². The summed E-state index contributed by atoms with van der Waals surface area (Å²) in [5.41, 5.74) is 1.27. The van der Waals surface area contributed by atoms with E-state index in [0.29, 0.717) is 24.3 Å². The fourth-order valence-electron chi connectivity index (χ4n) is 2.00. The number of amides is 1. The van der Waals surface area contributed by atoms with Crippen molar-refractivity contribution in [2.45, 2.75) is 25.9 Å². The predicted molar refractivity (Wildman–Crippen MR) is 65.7 cm³/mol. The summed E-state index contributed by atoms with van der Waals surface area (Å²) in [5, 5.41) is 11.7. The first-order valence-electron chi connectivity index (χ1n) is 5.85. The molecule has 2 rings (SSSR count). The van der Waals surface area contributed by atoms with Crippen LogP contribution in [-0.4, -0.2) is 29.7 Å². The number of nitrogens with one attached hydrogen (secondary N) is 1. The summed E-state index contributed by atoms with van der Waals surface area (Å²) < 4.78 is 5.28. The van der Waals surface area contributed by atoms with Crippen molar-refractivity contribution in [3.63, 3.8) is 0 Å². The molecule has 0 bridgehead atoms. The fourth-order valence-corrected chi connectivity index (χ4v) is 2.00. The van der Waals surface area contributed by atoms with Crippen molar-refractivity contribution in [3.8, 4) is 0 Å². The molecule has 1 aliphatic rings. The Balaban J connectivity index is 2.16. The van der Waals surface area contributed by atoms with Crippen molar-refractivity contribution in [2.75, 3.05) is 11.9 Å². The average molecular weight is 249 g/mol. The van der Waals surface area contributed by atoms with Crippen LogP contribution in [0, 0.1) is 6.92 Å². The zero-order chi connectivity index (χ0) is 13.1. The number of carboxylic acids is 1. The van der Waals surface area contributed by atoms with E-state index >= 15 is 0 Å².